The molecule has 0 unspecified atom stereocenters. The van der Waals surface area contributed by atoms with Gasteiger partial charge in [0, 0.05) is 0 Å². The first-order valence-electron chi connectivity index (χ1n) is 1.82. The number of aliphatic imine (C=N–C) groups is 2. The highest BCUT2D eigenvalue weighted by atomic mass is 16.1. The van der Waals surface area contributed by atoms with E-state index in [1.165, 1.54) is 12.4 Å². The molecule has 1 rings (SSSR count). The summed E-state index contributed by atoms with van der Waals surface area (Å²) in [6, 6.07) is 0. The van der Waals surface area contributed by atoms with Crippen molar-refractivity contribution in [3.05, 3.63) is 6.17 Å². The van der Waals surface area contributed by atoms with Gasteiger partial charge in [0.2, 0.25) is 6.29 Å². The summed E-state index contributed by atoms with van der Waals surface area (Å²) in [7, 11) is 0. The molecule has 1 heterocycles. The van der Waals surface area contributed by atoms with Crippen LogP contribution >= 0.6 is 0 Å². The lowest BCUT2D eigenvalue weighted by molar-refractivity contribution is -0.106. The van der Waals surface area contributed by atoms with E-state index >= 15 is 0 Å². The van der Waals surface area contributed by atoms with Crippen LogP contribution in [0.3, 0.4) is 0 Å². The Hall–Kier alpha value is -1.12. The maximum absolute atomic E-state index is 9.74. The van der Waals surface area contributed by atoms with E-state index < -0.39 is 0 Å². The molecule has 0 aromatic rings. The van der Waals surface area contributed by atoms with Gasteiger partial charge in [-0.05, 0) is 0 Å². The zero-order chi connectivity index (χ0) is 5.11. The third-order valence-electron chi connectivity index (χ3n) is 0.586. The molecule has 34 valence electrons. The SMILES string of the molecule is O=C[C+]1N=CC=N1. The van der Waals surface area contributed by atoms with Crippen molar-refractivity contribution >= 4 is 18.7 Å². The van der Waals surface area contributed by atoms with E-state index in [1.54, 1.807) is 0 Å². The fourth-order valence-electron chi connectivity index (χ4n) is 0.314. The maximum atomic E-state index is 9.74. The van der Waals surface area contributed by atoms with E-state index in [0.29, 0.717) is 6.29 Å². The molecule has 0 spiro atoms. The maximum Gasteiger partial charge on any atom is 0.305 e. The van der Waals surface area contributed by atoms with Gasteiger partial charge in [-0.2, -0.15) is 0 Å². The Morgan fingerprint density at radius 3 is 2.29 bits per heavy atom. The number of rotatable bonds is 1. The Morgan fingerprint density at radius 1 is 1.43 bits per heavy atom. The molecule has 0 atom stereocenters. The van der Waals surface area contributed by atoms with Gasteiger partial charge in [0.1, 0.15) is 0 Å². The Bertz CT molecular complexity index is 116. The summed E-state index contributed by atoms with van der Waals surface area (Å²) < 4.78 is 0. The summed E-state index contributed by atoms with van der Waals surface area (Å²) in [5.41, 5.74) is 0. The van der Waals surface area contributed by atoms with Gasteiger partial charge in [0.05, 0.1) is 0 Å². The van der Waals surface area contributed by atoms with Crippen molar-refractivity contribution in [3.8, 4) is 0 Å². The molecule has 1 aliphatic heterocycles. The van der Waals surface area contributed by atoms with Gasteiger partial charge in [0.25, 0.3) is 0 Å². The highest BCUT2D eigenvalue weighted by molar-refractivity contribution is 6.19. The molecule has 0 amide bonds. The zero-order valence-electron chi connectivity index (χ0n) is 3.53. The highest BCUT2D eigenvalue weighted by Gasteiger charge is 2.12. The number of nitrogens with zero attached hydrogens (tertiary/aromatic N) is 2. The van der Waals surface area contributed by atoms with E-state index in [1.807, 2.05) is 0 Å². The topological polar surface area (TPSA) is 41.8 Å². The number of hydrogen-bond acceptors (Lipinski definition) is 3. The van der Waals surface area contributed by atoms with Gasteiger partial charge in [0.15, 0.2) is 12.4 Å². The van der Waals surface area contributed by atoms with Crippen LogP contribution < -0.4 is 0 Å². The van der Waals surface area contributed by atoms with Crippen LogP contribution in [0.1, 0.15) is 0 Å². The molecule has 0 N–H and O–H groups in total. The van der Waals surface area contributed by atoms with Crippen LogP contribution in [0, 0.1) is 6.17 Å². The van der Waals surface area contributed by atoms with Crippen molar-refractivity contribution in [2.45, 2.75) is 0 Å². The van der Waals surface area contributed by atoms with Crippen LogP contribution in [-0.2, 0) is 4.79 Å². The lowest BCUT2D eigenvalue weighted by Crippen LogP contribution is -1.82. The van der Waals surface area contributed by atoms with Crippen LogP contribution in [0.5, 0.6) is 0 Å². The molecule has 3 heteroatoms. The van der Waals surface area contributed by atoms with E-state index in [9.17, 15) is 4.79 Å². The molecule has 0 fully saturated rings. The first-order chi connectivity index (χ1) is 3.43. The predicted molar refractivity (Wildman–Crippen MR) is 26.3 cm³/mol. The molecule has 0 radical (unpaired) electrons. The molecule has 0 aromatic heterocycles. The van der Waals surface area contributed by atoms with Crippen LogP contribution in [0.15, 0.2) is 9.98 Å². The zero-order valence-corrected chi connectivity index (χ0v) is 3.53. The molecule has 7 heavy (non-hydrogen) atoms. The summed E-state index contributed by atoms with van der Waals surface area (Å²) >= 11 is 0. The average molecular weight is 95.1 g/mol. The van der Waals surface area contributed by atoms with Gasteiger partial charge in [-0.15, -0.1) is 0 Å². The predicted octanol–water partition coefficient (Wildman–Crippen LogP) is -0.170. The van der Waals surface area contributed by atoms with Gasteiger partial charge >= 0.3 is 6.17 Å². The van der Waals surface area contributed by atoms with Crippen molar-refractivity contribution < 1.29 is 4.79 Å². The minimum absolute atomic E-state index is 0.250. The average Bonchev–Trinajstić information content (AvgIpc) is 2.14. The second-order valence-corrected chi connectivity index (χ2v) is 1.03. The van der Waals surface area contributed by atoms with E-state index in [2.05, 4.69) is 9.98 Å². The number of aldehydes is 1. The minimum Gasteiger partial charge on any atom is -0.278 e. The molecular weight excluding hydrogens is 92.1 g/mol. The largest absolute Gasteiger partial charge is 0.305 e. The first kappa shape index (κ1) is 4.05. The molecule has 1 aliphatic rings. The summed E-state index contributed by atoms with van der Waals surface area (Å²) in [5, 5.41) is 0. The van der Waals surface area contributed by atoms with Crippen LogP contribution in [-0.4, -0.2) is 18.7 Å². The molecule has 0 aromatic carbocycles. The Balaban J connectivity index is 2.59. The fourth-order valence-corrected chi connectivity index (χ4v) is 0.314. The third-order valence-corrected chi connectivity index (χ3v) is 0.586. The second kappa shape index (κ2) is 1.55. The summed E-state index contributed by atoms with van der Waals surface area (Å²) in [6.07, 6.45) is 3.81. The molecule has 3 nitrogen and oxygen atoms in total. The van der Waals surface area contributed by atoms with Crippen molar-refractivity contribution in [3.63, 3.8) is 0 Å². The van der Waals surface area contributed by atoms with Crippen LogP contribution in [0.25, 0.3) is 0 Å². The third kappa shape index (κ3) is 0.652. The van der Waals surface area contributed by atoms with Crippen LogP contribution in [0.2, 0.25) is 0 Å². The second-order valence-electron chi connectivity index (χ2n) is 1.03. The lowest BCUT2D eigenvalue weighted by atomic mass is 10.6. The lowest BCUT2D eigenvalue weighted by Gasteiger charge is -1.70. The Kier molecular flexibility index (Phi) is 0.898. The number of carbonyl (C=O) groups excluding carboxylic acids is 1. The summed E-state index contributed by atoms with van der Waals surface area (Å²) in [4.78, 5) is 16.9. The van der Waals surface area contributed by atoms with Gasteiger partial charge in [-0.3, -0.25) is 4.79 Å². The quantitative estimate of drug-likeness (QED) is 0.329. The van der Waals surface area contributed by atoms with Gasteiger partial charge in [-0.1, -0.05) is 9.98 Å². The van der Waals surface area contributed by atoms with Gasteiger partial charge in [-0.25, -0.2) is 0 Å². The van der Waals surface area contributed by atoms with Gasteiger partial charge < -0.3 is 0 Å². The molecule has 0 bridgehead atoms. The molecule has 0 aliphatic carbocycles. The monoisotopic (exact) mass is 95.0 g/mol. The normalized spacial score (nSPS) is 15.7. The van der Waals surface area contributed by atoms with E-state index in [0.717, 1.165) is 0 Å². The van der Waals surface area contributed by atoms with Crippen molar-refractivity contribution in [2.75, 3.05) is 0 Å². The van der Waals surface area contributed by atoms with Crippen LogP contribution in [0.4, 0.5) is 0 Å². The fraction of sp³-hybridized carbons (Fsp3) is 0. The standard InChI is InChI=1S/C4H3N2O/c7-3-4-5-1-2-6-4/h1-3H/q+1. The Morgan fingerprint density at radius 2 is 2.00 bits per heavy atom. The summed E-state index contributed by atoms with van der Waals surface area (Å²) in [6.45, 7) is 0. The van der Waals surface area contributed by atoms with E-state index in [-0.39, 0.29) is 6.17 Å². The number of hydrogen-bond donors (Lipinski definition) is 0. The van der Waals surface area contributed by atoms with Crippen molar-refractivity contribution in [1.82, 2.24) is 0 Å². The smallest absolute Gasteiger partial charge is 0.278 e. The molecule has 0 saturated carbocycles. The summed E-state index contributed by atoms with van der Waals surface area (Å²) in [5.74, 6) is 0. The highest BCUT2D eigenvalue weighted by Crippen LogP contribution is 1.99. The van der Waals surface area contributed by atoms with E-state index in [4.69, 9.17) is 0 Å². The first-order valence-corrected chi connectivity index (χ1v) is 1.82. The molecular formula is C4H3N2O+. The minimum atomic E-state index is 0.250. The number of carbonyl (C=O) groups is 1. The Labute approximate surface area is 40.8 Å². The van der Waals surface area contributed by atoms with Crippen molar-refractivity contribution in [2.24, 2.45) is 9.98 Å². The van der Waals surface area contributed by atoms with Crippen molar-refractivity contribution in [1.29, 1.82) is 0 Å². The molecule has 0 saturated heterocycles.